The van der Waals surface area contributed by atoms with E-state index in [2.05, 4.69) is 10.1 Å². The van der Waals surface area contributed by atoms with Crippen molar-refractivity contribution < 1.29 is 5.11 Å². The Labute approximate surface area is 73.4 Å². The summed E-state index contributed by atoms with van der Waals surface area (Å²) in [6.45, 7) is -0.0562. The van der Waals surface area contributed by atoms with Crippen LogP contribution in [0.5, 0.6) is 0 Å². The summed E-state index contributed by atoms with van der Waals surface area (Å²) in [5.41, 5.74) is 1.32. The van der Waals surface area contributed by atoms with Crippen LogP contribution in [0.25, 0.3) is 5.65 Å². The highest BCUT2D eigenvalue weighted by Gasteiger charge is 2.04. The minimum absolute atomic E-state index is 0.0562. The average Bonchev–Trinajstić information content (AvgIpc) is 2.54. The van der Waals surface area contributed by atoms with E-state index in [9.17, 15) is 0 Å². The zero-order valence-electron chi connectivity index (χ0n) is 6.11. The van der Waals surface area contributed by atoms with Gasteiger partial charge in [-0.25, -0.2) is 9.50 Å². The quantitative estimate of drug-likeness (QED) is 0.668. The fraction of sp³-hybridized carbons (Fsp3) is 0.143. The fourth-order valence-electron chi connectivity index (χ4n) is 1.05. The minimum atomic E-state index is -0.0562. The van der Waals surface area contributed by atoms with Crippen molar-refractivity contribution in [2.45, 2.75) is 6.61 Å². The average molecular weight is 184 g/mol. The van der Waals surface area contributed by atoms with Crippen molar-refractivity contribution in [2.24, 2.45) is 0 Å². The number of aliphatic hydroxyl groups is 1. The first-order chi connectivity index (χ1) is 5.83. The SMILES string of the molecule is OCc1ccc(Cl)n2ncnc12. The van der Waals surface area contributed by atoms with E-state index in [-0.39, 0.29) is 6.61 Å². The molecule has 0 aliphatic heterocycles. The fourth-order valence-corrected chi connectivity index (χ4v) is 1.24. The normalized spacial score (nSPS) is 10.8. The van der Waals surface area contributed by atoms with Gasteiger partial charge in [-0.05, 0) is 12.1 Å². The number of aromatic nitrogens is 3. The number of pyridine rings is 1. The molecule has 0 fully saturated rings. The summed E-state index contributed by atoms with van der Waals surface area (Å²) in [4.78, 5) is 3.96. The van der Waals surface area contributed by atoms with E-state index in [1.807, 2.05) is 0 Å². The number of rotatable bonds is 1. The van der Waals surface area contributed by atoms with Crippen LogP contribution in [0.1, 0.15) is 5.56 Å². The first-order valence-corrected chi connectivity index (χ1v) is 3.78. The minimum Gasteiger partial charge on any atom is -0.392 e. The molecule has 62 valence electrons. The van der Waals surface area contributed by atoms with Gasteiger partial charge in [0, 0.05) is 5.56 Å². The van der Waals surface area contributed by atoms with Gasteiger partial charge in [-0.2, -0.15) is 5.10 Å². The Bertz CT molecular complexity index is 412. The van der Waals surface area contributed by atoms with Crippen molar-refractivity contribution >= 4 is 17.2 Å². The van der Waals surface area contributed by atoms with Gasteiger partial charge in [-0.15, -0.1) is 0 Å². The molecular formula is C7H6ClN3O. The van der Waals surface area contributed by atoms with Crippen LogP contribution in [0.3, 0.4) is 0 Å². The van der Waals surface area contributed by atoms with Gasteiger partial charge < -0.3 is 5.11 Å². The predicted octanol–water partition coefficient (Wildman–Crippen LogP) is 0.875. The van der Waals surface area contributed by atoms with Crippen LogP contribution in [-0.2, 0) is 6.61 Å². The first kappa shape index (κ1) is 7.52. The van der Waals surface area contributed by atoms with Gasteiger partial charge in [-0.3, -0.25) is 0 Å². The van der Waals surface area contributed by atoms with Gasteiger partial charge in [-0.1, -0.05) is 11.6 Å². The zero-order chi connectivity index (χ0) is 8.55. The molecule has 2 rings (SSSR count). The molecule has 0 aliphatic rings. The van der Waals surface area contributed by atoms with Crippen molar-refractivity contribution in [3.63, 3.8) is 0 Å². The molecule has 0 saturated carbocycles. The molecule has 1 N–H and O–H groups in total. The molecule has 0 bridgehead atoms. The molecule has 0 spiro atoms. The summed E-state index contributed by atoms with van der Waals surface area (Å²) in [5.74, 6) is 0. The predicted molar refractivity (Wildman–Crippen MR) is 43.9 cm³/mol. The van der Waals surface area contributed by atoms with Crippen LogP contribution in [0.15, 0.2) is 18.5 Å². The van der Waals surface area contributed by atoms with Gasteiger partial charge in [0.05, 0.1) is 6.61 Å². The highest BCUT2D eigenvalue weighted by atomic mass is 35.5. The van der Waals surface area contributed by atoms with Gasteiger partial charge >= 0.3 is 0 Å². The van der Waals surface area contributed by atoms with Crippen molar-refractivity contribution in [1.29, 1.82) is 0 Å². The van der Waals surface area contributed by atoms with E-state index in [4.69, 9.17) is 16.7 Å². The monoisotopic (exact) mass is 183 g/mol. The number of halogens is 1. The van der Waals surface area contributed by atoms with E-state index in [0.29, 0.717) is 10.8 Å². The maximum absolute atomic E-state index is 8.92. The van der Waals surface area contributed by atoms with Crippen molar-refractivity contribution in [3.8, 4) is 0 Å². The second-order valence-corrected chi connectivity index (χ2v) is 2.72. The van der Waals surface area contributed by atoms with Gasteiger partial charge in [0.15, 0.2) is 5.65 Å². The van der Waals surface area contributed by atoms with Gasteiger partial charge in [0.2, 0.25) is 0 Å². The number of aliphatic hydroxyl groups excluding tert-OH is 1. The topological polar surface area (TPSA) is 50.4 Å². The lowest BCUT2D eigenvalue weighted by atomic mass is 10.3. The van der Waals surface area contributed by atoms with E-state index in [1.54, 1.807) is 12.1 Å². The molecular weight excluding hydrogens is 178 g/mol. The highest BCUT2D eigenvalue weighted by molar-refractivity contribution is 6.29. The van der Waals surface area contributed by atoms with Gasteiger partial charge in [0.1, 0.15) is 11.5 Å². The van der Waals surface area contributed by atoms with E-state index >= 15 is 0 Å². The molecule has 0 unspecified atom stereocenters. The molecule has 0 amide bonds. The van der Waals surface area contributed by atoms with E-state index in [0.717, 1.165) is 5.56 Å². The third-order valence-electron chi connectivity index (χ3n) is 1.63. The first-order valence-electron chi connectivity index (χ1n) is 3.41. The molecule has 12 heavy (non-hydrogen) atoms. The smallest absolute Gasteiger partial charge is 0.162 e. The number of hydrogen-bond donors (Lipinski definition) is 1. The Morgan fingerprint density at radius 1 is 1.50 bits per heavy atom. The van der Waals surface area contributed by atoms with Crippen LogP contribution in [-0.4, -0.2) is 19.7 Å². The van der Waals surface area contributed by atoms with Crippen molar-refractivity contribution in [1.82, 2.24) is 14.6 Å². The summed E-state index contributed by atoms with van der Waals surface area (Å²) >= 11 is 5.81. The lowest BCUT2D eigenvalue weighted by Gasteiger charge is -1.99. The zero-order valence-corrected chi connectivity index (χ0v) is 6.86. The van der Waals surface area contributed by atoms with Crippen molar-refractivity contribution in [3.05, 3.63) is 29.2 Å². The lowest BCUT2D eigenvalue weighted by Crippen LogP contribution is -1.94. The molecule has 0 saturated heterocycles. The Morgan fingerprint density at radius 2 is 2.33 bits per heavy atom. The molecule has 0 atom stereocenters. The molecule has 5 heteroatoms. The van der Waals surface area contributed by atoms with E-state index < -0.39 is 0 Å². The number of hydrogen-bond acceptors (Lipinski definition) is 3. The standard InChI is InChI=1S/C7H6ClN3O/c8-6-2-1-5(3-12)7-9-4-10-11(6)7/h1-2,4,12H,3H2. The molecule has 0 radical (unpaired) electrons. The summed E-state index contributed by atoms with van der Waals surface area (Å²) in [6.07, 6.45) is 1.40. The summed E-state index contributed by atoms with van der Waals surface area (Å²) in [5, 5.41) is 13.3. The second-order valence-electron chi connectivity index (χ2n) is 2.33. The highest BCUT2D eigenvalue weighted by Crippen LogP contribution is 2.14. The second kappa shape index (κ2) is 2.73. The van der Waals surface area contributed by atoms with Crippen molar-refractivity contribution in [2.75, 3.05) is 0 Å². The number of nitrogens with zero attached hydrogens (tertiary/aromatic N) is 3. The molecule has 4 nitrogen and oxygen atoms in total. The molecule has 2 heterocycles. The summed E-state index contributed by atoms with van der Waals surface area (Å²) < 4.78 is 1.48. The number of fused-ring (bicyclic) bond motifs is 1. The van der Waals surface area contributed by atoms with E-state index in [1.165, 1.54) is 10.8 Å². The van der Waals surface area contributed by atoms with Gasteiger partial charge in [0.25, 0.3) is 0 Å². The van der Waals surface area contributed by atoms with Crippen LogP contribution in [0, 0.1) is 0 Å². The van der Waals surface area contributed by atoms with Crippen LogP contribution < -0.4 is 0 Å². The third kappa shape index (κ3) is 0.964. The Balaban J connectivity index is 2.82. The Kier molecular flexibility index (Phi) is 1.71. The maximum atomic E-state index is 8.92. The molecule has 2 aromatic heterocycles. The summed E-state index contributed by atoms with van der Waals surface area (Å²) in [7, 11) is 0. The summed E-state index contributed by atoms with van der Waals surface area (Å²) in [6, 6.07) is 3.40. The lowest BCUT2D eigenvalue weighted by molar-refractivity contribution is 0.282. The molecule has 0 aromatic carbocycles. The molecule has 0 aliphatic carbocycles. The maximum Gasteiger partial charge on any atom is 0.162 e. The molecule has 2 aromatic rings. The Hall–Kier alpha value is -1.13. The third-order valence-corrected chi connectivity index (χ3v) is 1.92. The van der Waals surface area contributed by atoms with Crippen LogP contribution in [0.2, 0.25) is 5.15 Å². The Morgan fingerprint density at radius 3 is 3.08 bits per heavy atom. The van der Waals surface area contributed by atoms with Crippen LogP contribution >= 0.6 is 11.6 Å². The van der Waals surface area contributed by atoms with Crippen LogP contribution in [0.4, 0.5) is 0 Å². The largest absolute Gasteiger partial charge is 0.392 e.